The number of carbonyl (C=O) groups excluding carboxylic acids is 3. The van der Waals surface area contributed by atoms with Gasteiger partial charge in [-0.05, 0) is 5.92 Å². The Hall–Kier alpha value is -1.63. The molecule has 0 rings (SSSR count). The molecule has 0 aromatic carbocycles. The summed E-state index contributed by atoms with van der Waals surface area (Å²) in [6, 6.07) is 0. The van der Waals surface area contributed by atoms with E-state index >= 15 is 0 Å². The third kappa shape index (κ3) is 4.85. The topological polar surface area (TPSA) is 60.4 Å². The molecule has 0 radical (unpaired) electrons. The molecule has 4 nitrogen and oxygen atoms in total. The smallest absolute Gasteiger partial charge is 0.375 e. The van der Waals surface area contributed by atoms with E-state index in [0.29, 0.717) is 6.29 Å². The lowest BCUT2D eigenvalue weighted by Crippen LogP contribution is -2.13. The minimum absolute atomic E-state index is 0.225. The number of rotatable bonds is 2. The lowest BCUT2D eigenvalue weighted by molar-refractivity contribution is -0.151. The molecule has 0 spiro atoms. The van der Waals surface area contributed by atoms with Crippen LogP contribution in [0.1, 0.15) is 6.92 Å². The van der Waals surface area contributed by atoms with Crippen LogP contribution in [0.15, 0.2) is 0 Å². The molecule has 0 fully saturated rings. The van der Waals surface area contributed by atoms with Gasteiger partial charge in [-0.1, -0.05) is 5.92 Å². The summed E-state index contributed by atoms with van der Waals surface area (Å²) >= 11 is 0. The van der Waals surface area contributed by atoms with E-state index in [-0.39, 0.29) is 6.61 Å². The molecule has 0 saturated carbocycles. The Kier molecular flexibility index (Phi) is 4.41. The Morgan fingerprint density at radius 1 is 1.55 bits per heavy atom. The molecule has 0 unspecified atom stereocenters. The summed E-state index contributed by atoms with van der Waals surface area (Å²) in [7, 11) is 0. The van der Waals surface area contributed by atoms with Crippen molar-refractivity contribution in [2.45, 2.75) is 6.92 Å². The molecule has 0 amide bonds. The molecular weight excluding hydrogens is 148 g/mol. The molecule has 0 aliphatic rings. The van der Waals surface area contributed by atoms with Crippen molar-refractivity contribution < 1.29 is 19.1 Å². The van der Waals surface area contributed by atoms with Gasteiger partial charge in [0.1, 0.15) is 0 Å². The molecule has 0 aromatic rings. The van der Waals surface area contributed by atoms with Crippen molar-refractivity contribution in [1.29, 1.82) is 0 Å². The average molecular weight is 154 g/mol. The van der Waals surface area contributed by atoms with Gasteiger partial charge in [-0.3, -0.25) is 9.59 Å². The quantitative estimate of drug-likeness (QED) is 0.229. The van der Waals surface area contributed by atoms with Crippen LogP contribution in [0.2, 0.25) is 0 Å². The van der Waals surface area contributed by atoms with Crippen LogP contribution >= 0.6 is 0 Å². The van der Waals surface area contributed by atoms with Crippen molar-refractivity contribution in [2.75, 3.05) is 6.61 Å². The molecule has 0 aliphatic heterocycles. The standard InChI is InChI=1S/C7H6O4/c1-6(9)7(10)11-5-3-2-4-8/h4H,5H2,1H3. The summed E-state index contributed by atoms with van der Waals surface area (Å²) in [6.45, 7) is 0.868. The Bertz CT molecular complexity index is 231. The second kappa shape index (κ2) is 5.18. The number of esters is 1. The van der Waals surface area contributed by atoms with Crippen LogP contribution in [-0.4, -0.2) is 24.6 Å². The van der Waals surface area contributed by atoms with Crippen molar-refractivity contribution in [3.8, 4) is 11.8 Å². The zero-order valence-corrected chi connectivity index (χ0v) is 5.92. The molecule has 0 bridgehead atoms. The third-order valence-corrected chi connectivity index (χ3v) is 0.724. The van der Waals surface area contributed by atoms with Crippen LogP contribution in [0.5, 0.6) is 0 Å². The van der Waals surface area contributed by atoms with Gasteiger partial charge in [0.2, 0.25) is 5.78 Å². The van der Waals surface area contributed by atoms with E-state index in [2.05, 4.69) is 10.7 Å². The van der Waals surface area contributed by atoms with Gasteiger partial charge in [0.15, 0.2) is 12.9 Å². The highest BCUT2D eigenvalue weighted by molar-refractivity contribution is 6.32. The van der Waals surface area contributed by atoms with E-state index in [1.165, 1.54) is 0 Å². The van der Waals surface area contributed by atoms with Crippen molar-refractivity contribution in [3.05, 3.63) is 0 Å². The fourth-order valence-electron chi connectivity index (χ4n) is 0.287. The predicted molar refractivity (Wildman–Crippen MR) is 35.5 cm³/mol. The van der Waals surface area contributed by atoms with Crippen LogP contribution in [0.3, 0.4) is 0 Å². The van der Waals surface area contributed by atoms with E-state index in [0.717, 1.165) is 6.92 Å². The van der Waals surface area contributed by atoms with Gasteiger partial charge in [0.25, 0.3) is 0 Å². The molecule has 11 heavy (non-hydrogen) atoms. The van der Waals surface area contributed by atoms with E-state index in [1.807, 2.05) is 5.92 Å². The second-order valence-corrected chi connectivity index (χ2v) is 1.57. The number of Topliss-reactive ketones (excluding diaryl/α,β-unsaturated/α-hetero) is 1. The minimum atomic E-state index is -0.940. The summed E-state index contributed by atoms with van der Waals surface area (Å²) in [4.78, 5) is 30.2. The lowest BCUT2D eigenvalue weighted by Gasteiger charge is -1.92. The van der Waals surface area contributed by atoms with E-state index in [4.69, 9.17) is 0 Å². The highest BCUT2D eigenvalue weighted by atomic mass is 16.5. The first-order valence-electron chi connectivity index (χ1n) is 2.78. The zero-order chi connectivity index (χ0) is 8.69. The lowest BCUT2D eigenvalue weighted by atomic mass is 10.5. The molecule has 0 atom stereocenters. The largest absolute Gasteiger partial charge is 0.447 e. The molecule has 0 heterocycles. The highest BCUT2D eigenvalue weighted by Gasteiger charge is 2.06. The van der Waals surface area contributed by atoms with Gasteiger partial charge in [0.05, 0.1) is 0 Å². The summed E-state index contributed by atoms with van der Waals surface area (Å²) in [6.07, 6.45) is 0.377. The van der Waals surface area contributed by atoms with Gasteiger partial charge >= 0.3 is 5.97 Å². The first kappa shape index (κ1) is 9.37. The van der Waals surface area contributed by atoms with Crippen molar-refractivity contribution in [1.82, 2.24) is 0 Å². The first-order chi connectivity index (χ1) is 5.18. The van der Waals surface area contributed by atoms with E-state index < -0.39 is 11.8 Å². The van der Waals surface area contributed by atoms with Crippen LogP contribution < -0.4 is 0 Å². The number of carbonyl (C=O) groups is 3. The molecule has 0 aliphatic carbocycles. The number of hydrogen-bond donors (Lipinski definition) is 0. The first-order valence-corrected chi connectivity index (χ1v) is 2.78. The van der Waals surface area contributed by atoms with Crippen LogP contribution in [0.4, 0.5) is 0 Å². The summed E-state index contributed by atoms with van der Waals surface area (Å²) in [5, 5.41) is 0. The minimum Gasteiger partial charge on any atom is -0.447 e. The normalized spacial score (nSPS) is 7.36. The fourth-order valence-corrected chi connectivity index (χ4v) is 0.287. The van der Waals surface area contributed by atoms with Crippen LogP contribution in [0.25, 0.3) is 0 Å². The number of ketones is 1. The summed E-state index contributed by atoms with van der Waals surface area (Å²) in [5.74, 6) is 2.61. The third-order valence-electron chi connectivity index (χ3n) is 0.724. The molecule has 58 valence electrons. The van der Waals surface area contributed by atoms with Crippen molar-refractivity contribution in [3.63, 3.8) is 0 Å². The molecule has 0 aromatic heterocycles. The number of hydrogen-bond acceptors (Lipinski definition) is 4. The van der Waals surface area contributed by atoms with Gasteiger partial charge in [-0.15, -0.1) is 0 Å². The Morgan fingerprint density at radius 3 is 2.64 bits per heavy atom. The molecule has 4 heteroatoms. The second-order valence-electron chi connectivity index (χ2n) is 1.57. The highest BCUT2D eigenvalue weighted by Crippen LogP contribution is 1.77. The van der Waals surface area contributed by atoms with Crippen LogP contribution in [-0.2, 0) is 19.1 Å². The monoisotopic (exact) mass is 154 g/mol. The SMILES string of the molecule is CC(=O)C(=O)OCC#CC=O. The summed E-state index contributed by atoms with van der Waals surface area (Å²) in [5.41, 5.74) is 0. The maximum atomic E-state index is 10.4. The van der Waals surface area contributed by atoms with Gasteiger partial charge in [-0.2, -0.15) is 0 Å². The van der Waals surface area contributed by atoms with Gasteiger partial charge in [0, 0.05) is 6.92 Å². The Labute approximate surface area is 63.5 Å². The fraction of sp³-hybridized carbons (Fsp3) is 0.286. The predicted octanol–water partition coefficient (Wildman–Crippen LogP) is -0.679. The molecule has 0 saturated heterocycles. The Balaban J connectivity index is 3.63. The van der Waals surface area contributed by atoms with Crippen LogP contribution in [0, 0.1) is 11.8 Å². The zero-order valence-electron chi connectivity index (χ0n) is 5.92. The maximum absolute atomic E-state index is 10.4. The number of ether oxygens (including phenoxy) is 1. The van der Waals surface area contributed by atoms with Crippen molar-refractivity contribution >= 4 is 18.0 Å². The van der Waals surface area contributed by atoms with Crippen molar-refractivity contribution in [2.24, 2.45) is 0 Å². The maximum Gasteiger partial charge on any atom is 0.375 e. The van der Waals surface area contributed by atoms with E-state index in [1.54, 1.807) is 0 Å². The van der Waals surface area contributed by atoms with Gasteiger partial charge < -0.3 is 4.74 Å². The Morgan fingerprint density at radius 2 is 2.18 bits per heavy atom. The molecular formula is C7H6O4. The van der Waals surface area contributed by atoms with Gasteiger partial charge in [-0.25, -0.2) is 4.79 Å². The number of aldehydes is 1. The average Bonchev–Trinajstić information content (AvgIpc) is 1.97. The summed E-state index contributed by atoms with van der Waals surface area (Å²) < 4.78 is 4.28. The molecule has 0 N–H and O–H groups in total. The van der Waals surface area contributed by atoms with E-state index in [9.17, 15) is 14.4 Å².